The number of carbonyl (C=O) groups is 4. The Kier molecular flexibility index (Phi) is 8.75. The van der Waals surface area contributed by atoms with E-state index in [1.807, 2.05) is 13.0 Å². The molecule has 39 heavy (non-hydrogen) atoms. The fourth-order valence-electron chi connectivity index (χ4n) is 4.64. The molecule has 3 aromatic carbocycles. The number of hydrogen-bond donors (Lipinski definition) is 2. The van der Waals surface area contributed by atoms with E-state index in [4.69, 9.17) is 0 Å². The van der Waals surface area contributed by atoms with Crippen LogP contribution in [-0.2, 0) is 9.59 Å². The van der Waals surface area contributed by atoms with Crippen LogP contribution in [0.3, 0.4) is 0 Å². The number of carboxylic acid groups (broad SMARTS) is 1. The van der Waals surface area contributed by atoms with Gasteiger partial charge in [0.25, 0.3) is 17.7 Å². The lowest BCUT2D eigenvalue weighted by Crippen LogP contribution is -2.63. The molecule has 0 aromatic heterocycles. The second-order valence-corrected chi connectivity index (χ2v) is 10.2. The van der Waals surface area contributed by atoms with E-state index in [1.165, 1.54) is 21.9 Å². The highest BCUT2D eigenvalue weighted by Crippen LogP contribution is 2.25. The first-order valence-electron chi connectivity index (χ1n) is 12.4. The molecule has 0 radical (unpaired) electrons. The lowest BCUT2D eigenvalue weighted by Gasteiger charge is -2.43. The Morgan fingerprint density at radius 2 is 1.59 bits per heavy atom. The number of aryl methyl sites for hydroxylation is 1. The Balaban J connectivity index is 1.72. The number of aliphatic carboxylic acids is 1. The molecule has 1 aliphatic rings. The van der Waals surface area contributed by atoms with E-state index in [9.17, 15) is 28.7 Å². The van der Waals surface area contributed by atoms with Crippen molar-refractivity contribution in [2.75, 3.05) is 13.1 Å². The maximum atomic E-state index is 13.9. The minimum atomic E-state index is -1.36. The Bertz CT molecular complexity index is 1400. The predicted octanol–water partition coefficient (Wildman–Crippen LogP) is 4.54. The van der Waals surface area contributed by atoms with Gasteiger partial charge >= 0.3 is 5.97 Å². The molecule has 4 rings (SSSR count). The smallest absolute Gasteiger partial charge is 0.305 e. The summed E-state index contributed by atoms with van der Waals surface area (Å²) < 4.78 is 14.2. The number of benzene rings is 3. The van der Waals surface area contributed by atoms with Crippen LogP contribution in [0, 0.1) is 12.7 Å². The van der Waals surface area contributed by atoms with Gasteiger partial charge in [0.05, 0.1) is 12.5 Å². The highest BCUT2D eigenvalue weighted by molar-refractivity contribution is 9.10. The van der Waals surface area contributed by atoms with E-state index in [2.05, 4.69) is 21.2 Å². The molecule has 10 heteroatoms. The average Bonchev–Trinajstić information content (AvgIpc) is 2.91. The van der Waals surface area contributed by atoms with Crippen LogP contribution in [0.1, 0.15) is 50.7 Å². The van der Waals surface area contributed by atoms with E-state index in [1.54, 1.807) is 42.5 Å². The number of carboxylic acids is 1. The van der Waals surface area contributed by atoms with Crippen LogP contribution in [0.15, 0.2) is 77.3 Å². The van der Waals surface area contributed by atoms with Gasteiger partial charge in [-0.3, -0.25) is 19.2 Å². The molecule has 0 aliphatic carbocycles. The number of nitrogens with one attached hydrogen (secondary N) is 1. The molecule has 1 saturated heterocycles. The monoisotopic (exact) mass is 595 g/mol. The fourth-order valence-corrected chi connectivity index (χ4v) is 5.04. The molecule has 1 fully saturated rings. The topological polar surface area (TPSA) is 107 Å². The highest BCUT2D eigenvalue weighted by atomic mass is 79.9. The van der Waals surface area contributed by atoms with Gasteiger partial charge in [0.1, 0.15) is 5.82 Å². The largest absolute Gasteiger partial charge is 0.481 e. The fraction of sp³-hybridized carbons (Fsp3) is 0.241. The highest BCUT2D eigenvalue weighted by Gasteiger charge is 2.41. The second-order valence-electron chi connectivity index (χ2n) is 9.31. The number of amides is 3. The first-order valence-corrected chi connectivity index (χ1v) is 13.1. The number of carbonyl (C=O) groups excluding carboxylic acids is 3. The summed E-state index contributed by atoms with van der Waals surface area (Å²) in [5.74, 6) is -3.33. The SMILES string of the molecule is Cc1cccc(C(CC(=O)O)NC(=O)C2N(C(=O)c3ccc(F)cc3)CCCN2C(=O)c2cccc(Br)c2)c1. The van der Waals surface area contributed by atoms with Gasteiger partial charge in [-0.1, -0.05) is 51.8 Å². The van der Waals surface area contributed by atoms with Crippen molar-refractivity contribution in [3.05, 3.63) is 105 Å². The molecule has 8 nitrogen and oxygen atoms in total. The summed E-state index contributed by atoms with van der Waals surface area (Å²) >= 11 is 3.36. The van der Waals surface area contributed by atoms with Crippen molar-refractivity contribution in [2.45, 2.75) is 32.0 Å². The number of hydrogen-bond acceptors (Lipinski definition) is 4. The molecule has 2 atom stereocenters. The van der Waals surface area contributed by atoms with E-state index in [-0.39, 0.29) is 18.7 Å². The molecule has 2 unspecified atom stereocenters. The zero-order chi connectivity index (χ0) is 28.1. The van der Waals surface area contributed by atoms with E-state index < -0.39 is 48.1 Å². The van der Waals surface area contributed by atoms with Crippen molar-refractivity contribution < 1.29 is 28.7 Å². The molecule has 3 amide bonds. The van der Waals surface area contributed by atoms with Gasteiger partial charge in [-0.05, 0) is 61.4 Å². The normalized spacial score (nSPS) is 15.9. The van der Waals surface area contributed by atoms with E-state index in [0.29, 0.717) is 22.0 Å². The molecule has 202 valence electrons. The first kappa shape index (κ1) is 28.0. The summed E-state index contributed by atoms with van der Waals surface area (Å²) in [6, 6.07) is 17.8. The van der Waals surface area contributed by atoms with Crippen molar-refractivity contribution in [2.24, 2.45) is 0 Å². The third kappa shape index (κ3) is 6.69. The maximum Gasteiger partial charge on any atom is 0.305 e. The molecule has 0 bridgehead atoms. The van der Waals surface area contributed by atoms with Crippen LogP contribution < -0.4 is 5.32 Å². The van der Waals surface area contributed by atoms with Crippen LogP contribution in [0.25, 0.3) is 0 Å². The van der Waals surface area contributed by atoms with Gasteiger partial charge in [0.2, 0.25) is 0 Å². The number of halogens is 2. The molecule has 0 spiro atoms. The first-order chi connectivity index (χ1) is 18.6. The molecule has 1 heterocycles. The molecular formula is C29H27BrFN3O5. The van der Waals surface area contributed by atoms with Crippen LogP contribution >= 0.6 is 15.9 Å². The van der Waals surface area contributed by atoms with E-state index >= 15 is 0 Å². The number of rotatable bonds is 7. The quantitative estimate of drug-likeness (QED) is 0.417. The Morgan fingerprint density at radius 3 is 2.21 bits per heavy atom. The van der Waals surface area contributed by atoms with Crippen molar-refractivity contribution in [1.29, 1.82) is 0 Å². The van der Waals surface area contributed by atoms with Crippen LogP contribution in [0.4, 0.5) is 4.39 Å². The second kappa shape index (κ2) is 12.2. The lowest BCUT2D eigenvalue weighted by atomic mass is 10.0. The van der Waals surface area contributed by atoms with Crippen molar-refractivity contribution in [3.63, 3.8) is 0 Å². The van der Waals surface area contributed by atoms with Crippen LogP contribution in [0.2, 0.25) is 0 Å². The summed E-state index contributed by atoms with van der Waals surface area (Å²) in [6.07, 6.45) is -1.34. The predicted molar refractivity (Wildman–Crippen MR) is 145 cm³/mol. The molecule has 2 N–H and O–H groups in total. The van der Waals surface area contributed by atoms with Gasteiger partial charge in [-0.25, -0.2) is 4.39 Å². The molecular weight excluding hydrogens is 569 g/mol. The zero-order valence-electron chi connectivity index (χ0n) is 21.1. The van der Waals surface area contributed by atoms with Crippen LogP contribution in [0.5, 0.6) is 0 Å². The van der Waals surface area contributed by atoms with Gasteiger partial charge in [0, 0.05) is 28.7 Å². The summed E-state index contributed by atoms with van der Waals surface area (Å²) in [7, 11) is 0. The standard InChI is InChI=1S/C29H27BrFN3O5/c1-18-5-2-6-20(15-18)24(17-25(35)36)32-26(37)27-33(28(38)19-9-11-23(31)12-10-19)13-4-14-34(27)29(39)21-7-3-8-22(30)16-21/h2-3,5-12,15-16,24,27H,4,13-14,17H2,1H3,(H,32,37)(H,35,36). The van der Waals surface area contributed by atoms with E-state index in [0.717, 1.165) is 17.7 Å². The third-order valence-corrected chi connectivity index (χ3v) is 6.94. The van der Waals surface area contributed by atoms with Crippen molar-refractivity contribution >= 4 is 39.6 Å². The molecule has 1 aliphatic heterocycles. The summed E-state index contributed by atoms with van der Waals surface area (Å²) in [4.78, 5) is 55.4. The Morgan fingerprint density at radius 1 is 0.949 bits per heavy atom. The summed E-state index contributed by atoms with van der Waals surface area (Å²) in [5, 5.41) is 12.3. The Hall–Kier alpha value is -4.05. The lowest BCUT2D eigenvalue weighted by molar-refractivity contribution is -0.138. The maximum absolute atomic E-state index is 13.9. The molecule has 0 saturated carbocycles. The van der Waals surface area contributed by atoms with Gasteiger partial charge < -0.3 is 20.2 Å². The summed E-state index contributed by atoms with van der Waals surface area (Å²) in [5.41, 5.74) is 1.95. The van der Waals surface area contributed by atoms with Crippen LogP contribution in [-0.4, -0.2) is 57.9 Å². The Labute approximate surface area is 233 Å². The summed E-state index contributed by atoms with van der Waals surface area (Å²) in [6.45, 7) is 2.22. The van der Waals surface area contributed by atoms with Crippen molar-refractivity contribution in [1.82, 2.24) is 15.1 Å². The minimum absolute atomic E-state index is 0.159. The van der Waals surface area contributed by atoms with Crippen molar-refractivity contribution in [3.8, 4) is 0 Å². The average molecular weight is 596 g/mol. The van der Waals surface area contributed by atoms with Gasteiger partial charge in [0.15, 0.2) is 6.17 Å². The zero-order valence-corrected chi connectivity index (χ0v) is 22.7. The number of nitrogens with zero attached hydrogens (tertiary/aromatic N) is 2. The van der Waals surface area contributed by atoms with Gasteiger partial charge in [-0.2, -0.15) is 0 Å². The third-order valence-electron chi connectivity index (χ3n) is 6.45. The molecule has 3 aromatic rings. The minimum Gasteiger partial charge on any atom is -0.481 e. The van der Waals surface area contributed by atoms with Gasteiger partial charge in [-0.15, -0.1) is 0 Å².